The van der Waals surface area contributed by atoms with E-state index in [9.17, 15) is 9.59 Å². The number of carbonyl (C=O) groups excluding carboxylic acids is 2. The standard InChI is InChI=1S/C21H27N3O2/c1-5-18-19(16(4)25)15(3)22-20(18)21(26)24-11-9-23(10-12-24)17-8-6-7-14(2)13-17/h6-8,13,22H,5,9-12H2,1-4H3. The van der Waals surface area contributed by atoms with Gasteiger partial charge in [-0.25, -0.2) is 0 Å². The van der Waals surface area contributed by atoms with Gasteiger partial charge in [-0.05, 0) is 50.5 Å². The van der Waals surface area contributed by atoms with E-state index < -0.39 is 0 Å². The quantitative estimate of drug-likeness (QED) is 0.858. The van der Waals surface area contributed by atoms with Gasteiger partial charge in [0, 0.05) is 43.1 Å². The number of hydrogen-bond donors (Lipinski definition) is 1. The van der Waals surface area contributed by atoms with E-state index in [2.05, 4.69) is 41.1 Å². The summed E-state index contributed by atoms with van der Waals surface area (Å²) in [7, 11) is 0. The van der Waals surface area contributed by atoms with E-state index in [4.69, 9.17) is 0 Å². The van der Waals surface area contributed by atoms with Crippen molar-refractivity contribution in [1.82, 2.24) is 9.88 Å². The van der Waals surface area contributed by atoms with Gasteiger partial charge in [0.05, 0.1) is 0 Å². The Bertz CT molecular complexity index is 830. The van der Waals surface area contributed by atoms with Crippen molar-refractivity contribution in [2.45, 2.75) is 34.1 Å². The predicted octanol–water partition coefficient (Wildman–Crippen LogP) is 3.36. The summed E-state index contributed by atoms with van der Waals surface area (Å²) in [5.41, 5.74) is 5.35. The second kappa shape index (κ2) is 7.36. The van der Waals surface area contributed by atoms with Crippen LogP contribution in [0.4, 0.5) is 5.69 Å². The minimum atomic E-state index is 0.00124. The van der Waals surface area contributed by atoms with Crippen LogP contribution in [-0.4, -0.2) is 47.8 Å². The molecule has 5 nitrogen and oxygen atoms in total. The number of piperazine rings is 1. The molecule has 0 spiro atoms. The molecule has 1 aliphatic rings. The molecule has 0 saturated carbocycles. The molecular weight excluding hydrogens is 326 g/mol. The first-order valence-electron chi connectivity index (χ1n) is 9.25. The molecule has 2 aromatic rings. The maximum atomic E-state index is 13.0. The molecule has 0 atom stereocenters. The Labute approximate surface area is 155 Å². The van der Waals surface area contributed by atoms with E-state index in [1.807, 2.05) is 18.7 Å². The number of carbonyl (C=O) groups is 2. The Morgan fingerprint density at radius 1 is 1.12 bits per heavy atom. The highest BCUT2D eigenvalue weighted by molar-refractivity contribution is 6.02. The number of ketones is 1. The Morgan fingerprint density at radius 3 is 2.38 bits per heavy atom. The molecular formula is C21H27N3O2. The summed E-state index contributed by atoms with van der Waals surface area (Å²) >= 11 is 0. The average Bonchev–Trinajstić information content (AvgIpc) is 2.97. The zero-order valence-corrected chi connectivity index (χ0v) is 16.1. The maximum Gasteiger partial charge on any atom is 0.270 e. The van der Waals surface area contributed by atoms with Crippen LogP contribution in [0.1, 0.15) is 51.5 Å². The molecule has 2 heterocycles. The smallest absolute Gasteiger partial charge is 0.270 e. The van der Waals surface area contributed by atoms with Gasteiger partial charge in [0.2, 0.25) is 0 Å². The fourth-order valence-electron chi connectivity index (χ4n) is 3.84. The van der Waals surface area contributed by atoms with Crippen molar-refractivity contribution in [2.75, 3.05) is 31.1 Å². The van der Waals surface area contributed by atoms with Crippen LogP contribution in [0.2, 0.25) is 0 Å². The van der Waals surface area contributed by atoms with Crippen molar-refractivity contribution < 1.29 is 9.59 Å². The van der Waals surface area contributed by atoms with Gasteiger partial charge >= 0.3 is 0 Å². The van der Waals surface area contributed by atoms with Crippen molar-refractivity contribution in [1.29, 1.82) is 0 Å². The topological polar surface area (TPSA) is 56.4 Å². The Balaban J connectivity index is 1.75. The second-order valence-corrected chi connectivity index (χ2v) is 7.01. The summed E-state index contributed by atoms with van der Waals surface area (Å²) in [5.74, 6) is 0.0141. The first-order valence-corrected chi connectivity index (χ1v) is 9.25. The van der Waals surface area contributed by atoms with Gasteiger partial charge in [0.1, 0.15) is 5.69 Å². The molecule has 5 heteroatoms. The first-order chi connectivity index (χ1) is 12.4. The number of anilines is 1. The van der Waals surface area contributed by atoms with Crippen LogP contribution in [0.25, 0.3) is 0 Å². The summed E-state index contributed by atoms with van der Waals surface area (Å²) < 4.78 is 0. The number of aromatic nitrogens is 1. The largest absolute Gasteiger partial charge is 0.368 e. The summed E-state index contributed by atoms with van der Waals surface area (Å²) in [6.45, 7) is 10.5. The molecule has 138 valence electrons. The molecule has 1 aromatic heterocycles. The Kier molecular flexibility index (Phi) is 5.16. The summed E-state index contributed by atoms with van der Waals surface area (Å²) in [6.07, 6.45) is 0.670. The zero-order valence-electron chi connectivity index (χ0n) is 16.1. The normalized spacial score (nSPS) is 14.6. The van der Waals surface area contributed by atoms with Gasteiger partial charge in [0.25, 0.3) is 5.91 Å². The minimum Gasteiger partial charge on any atom is -0.368 e. The van der Waals surface area contributed by atoms with Gasteiger partial charge in [0.15, 0.2) is 5.78 Å². The van der Waals surface area contributed by atoms with E-state index >= 15 is 0 Å². The molecule has 1 fully saturated rings. The van der Waals surface area contributed by atoms with Gasteiger partial charge in [-0.2, -0.15) is 0 Å². The number of nitrogens with one attached hydrogen (secondary N) is 1. The van der Waals surface area contributed by atoms with Gasteiger partial charge in [-0.3, -0.25) is 9.59 Å². The highest BCUT2D eigenvalue weighted by atomic mass is 16.2. The molecule has 0 bridgehead atoms. The van der Waals surface area contributed by atoms with Crippen molar-refractivity contribution in [3.63, 3.8) is 0 Å². The van der Waals surface area contributed by atoms with E-state index in [0.29, 0.717) is 30.8 Å². The highest BCUT2D eigenvalue weighted by Crippen LogP contribution is 2.23. The molecule has 1 saturated heterocycles. The zero-order chi connectivity index (χ0) is 18.8. The molecule has 1 amide bonds. The van der Waals surface area contributed by atoms with Crippen LogP contribution < -0.4 is 4.90 Å². The molecule has 3 rings (SSSR count). The van der Waals surface area contributed by atoms with Crippen LogP contribution in [0.5, 0.6) is 0 Å². The molecule has 0 radical (unpaired) electrons. The number of Topliss-reactive ketones (excluding diaryl/α,β-unsaturated/α-hetero) is 1. The third-order valence-electron chi connectivity index (χ3n) is 5.14. The lowest BCUT2D eigenvalue weighted by Gasteiger charge is -2.36. The molecule has 1 N–H and O–H groups in total. The molecule has 1 aromatic carbocycles. The lowest BCUT2D eigenvalue weighted by atomic mass is 10.0. The predicted molar refractivity (Wildman–Crippen MR) is 104 cm³/mol. The van der Waals surface area contributed by atoms with E-state index in [1.54, 1.807) is 6.92 Å². The number of rotatable bonds is 4. The van der Waals surface area contributed by atoms with Crippen LogP contribution >= 0.6 is 0 Å². The molecule has 1 aliphatic heterocycles. The lowest BCUT2D eigenvalue weighted by Crippen LogP contribution is -2.49. The third kappa shape index (κ3) is 3.39. The van der Waals surface area contributed by atoms with Crippen LogP contribution in [0.3, 0.4) is 0 Å². The van der Waals surface area contributed by atoms with Crippen molar-refractivity contribution in [2.24, 2.45) is 0 Å². The summed E-state index contributed by atoms with van der Waals surface area (Å²) in [5, 5.41) is 0. The highest BCUT2D eigenvalue weighted by Gasteiger charge is 2.27. The summed E-state index contributed by atoms with van der Waals surface area (Å²) in [4.78, 5) is 32.3. The molecule has 0 unspecified atom stereocenters. The lowest BCUT2D eigenvalue weighted by molar-refractivity contribution is 0.0740. The van der Waals surface area contributed by atoms with E-state index in [-0.39, 0.29) is 11.7 Å². The number of aromatic amines is 1. The van der Waals surface area contributed by atoms with Crippen molar-refractivity contribution in [3.8, 4) is 0 Å². The number of hydrogen-bond acceptors (Lipinski definition) is 3. The fraction of sp³-hybridized carbons (Fsp3) is 0.429. The average molecular weight is 353 g/mol. The van der Waals surface area contributed by atoms with Crippen LogP contribution in [0, 0.1) is 13.8 Å². The fourth-order valence-corrected chi connectivity index (χ4v) is 3.84. The SMILES string of the molecule is CCc1c(C(=O)N2CCN(c3cccc(C)c3)CC2)[nH]c(C)c1C(C)=O. The van der Waals surface area contributed by atoms with Crippen molar-refractivity contribution >= 4 is 17.4 Å². The molecule has 26 heavy (non-hydrogen) atoms. The van der Waals surface area contributed by atoms with E-state index in [1.165, 1.54) is 11.3 Å². The van der Waals surface area contributed by atoms with Crippen LogP contribution in [-0.2, 0) is 6.42 Å². The summed E-state index contributed by atoms with van der Waals surface area (Å²) in [6, 6.07) is 8.46. The second-order valence-electron chi connectivity index (χ2n) is 7.01. The number of H-pyrrole nitrogens is 1. The van der Waals surface area contributed by atoms with E-state index in [0.717, 1.165) is 24.3 Å². The number of aryl methyl sites for hydroxylation is 2. The van der Waals surface area contributed by atoms with Crippen molar-refractivity contribution in [3.05, 3.63) is 52.3 Å². The van der Waals surface area contributed by atoms with Crippen LogP contribution in [0.15, 0.2) is 24.3 Å². The minimum absolute atomic E-state index is 0.00124. The maximum absolute atomic E-state index is 13.0. The van der Waals surface area contributed by atoms with Gasteiger partial charge in [-0.1, -0.05) is 19.1 Å². The number of nitrogens with zero attached hydrogens (tertiary/aromatic N) is 2. The van der Waals surface area contributed by atoms with Gasteiger partial charge < -0.3 is 14.8 Å². The third-order valence-corrected chi connectivity index (χ3v) is 5.14. The number of amides is 1. The monoisotopic (exact) mass is 353 g/mol. The Morgan fingerprint density at radius 2 is 1.81 bits per heavy atom. The Hall–Kier alpha value is -2.56. The number of benzene rings is 1. The molecule has 0 aliphatic carbocycles. The first kappa shape index (κ1) is 18.2. The van der Waals surface area contributed by atoms with Gasteiger partial charge in [-0.15, -0.1) is 0 Å².